The molecule has 2 atom stereocenters. The molecule has 6 nitrogen and oxygen atoms in total. The molecule has 2 N–H and O–H groups in total. The van der Waals surface area contributed by atoms with Crippen molar-refractivity contribution >= 4 is 5.91 Å². The Morgan fingerprint density at radius 1 is 1.19 bits per heavy atom. The fourth-order valence-electron chi connectivity index (χ4n) is 4.82. The van der Waals surface area contributed by atoms with Crippen LogP contribution in [-0.4, -0.2) is 77.5 Å². The molecule has 1 spiro atoms. The van der Waals surface area contributed by atoms with Crippen molar-refractivity contribution in [3.63, 3.8) is 0 Å². The fraction of sp³-hybridized carbons (Fsp3) is 0.667. The predicted molar refractivity (Wildman–Crippen MR) is 102 cm³/mol. The highest BCUT2D eigenvalue weighted by molar-refractivity contribution is 5.94. The van der Waals surface area contributed by atoms with E-state index in [9.17, 15) is 15.0 Å². The molecule has 3 heterocycles. The number of nitrogens with zero attached hydrogens (tertiary/aromatic N) is 2. The van der Waals surface area contributed by atoms with E-state index < -0.39 is 0 Å². The number of aliphatic hydroxyl groups excluding tert-OH is 1. The zero-order valence-corrected chi connectivity index (χ0v) is 15.8. The van der Waals surface area contributed by atoms with Crippen molar-refractivity contribution in [2.75, 3.05) is 39.3 Å². The average molecular weight is 374 g/mol. The first-order valence-electron chi connectivity index (χ1n) is 10.1. The summed E-state index contributed by atoms with van der Waals surface area (Å²) < 4.78 is 6.12. The Labute approximate surface area is 160 Å². The van der Waals surface area contributed by atoms with Gasteiger partial charge < -0.3 is 19.8 Å². The minimum Gasteiger partial charge on any atom is -0.508 e. The van der Waals surface area contributed by atoms with Gasteiger partial charge in [0.1, 0.15) is 5.75 Å². The van der Waals surface area contributed by atoms with Gasteiger partial charge in [-0.05, 0) is 68.3 Å². The third-order valence-electron chi connectivity index (χ3n) is 6.45. The lowest BCUT2D eigenvalue weighted by Gasteiger charge is -2.38. The number of ether oxygens (including phenoxy) is 1. The highest BCUT2D eigenvalue weighted by Gasteiger charge is 2.43. The summed E-state index contributed by atoms with van der Waals surface area (Å²) in [6, 6.07) is 6.49. The van der Waals surface area contributed by atoms with Crippen LogP contribution in [0.2, 0.25) is 0 Å². The molecule has 1 aromatic rings. The van der Waals surface area contributed by atoms with E-state index in [1.165, 1.54) is 0 Å². The minimum atomic E-state index is -0.191. The van der Waals surface area contributed by atoms with Crippen LogP contribution in [0.25, 0.3) is 0 Å². The quantitative estimate of drug-likeness (QED) is 0.845. The fourth-order valence-corrected chi connectivity index (χ4v) is 4.82. The van der Waals surface area contributed by atoms with Crippen molar-refractivity contribution in [3.05, 3.63) is 29.8 Å². The van der Waals surface area contributed by atoms with Crippen molar-refractivity contribution in [3.8, 4) is 5.75 Å². The molecule has 1 amide bonds. The number of aromatic hydroxyl groups is 1. The summed E-state index contributed by atoms with van der Waals surface area (Å²) in [5.74, 6) is 0.224. The van der Waals surface area contributed by atoms with Crippen molar-refractivity contribution in [2.24, 2.45) is 5.41 Å². The van der Waals surface area contributed by atoms with E-state index in [0.717, 1.165) is 71.4 Å². The number of likely N-dealkylation sites (tertiary alicyclic amines) is 2. The summed E-state index contributed by atoms with van der Waals surface area (Å²) in [5, 5.41) is 19.2. The van der Waals surface area contributed by atoms with Gasteiger partial charge in [0.05, 0.1) is 18.8 Å². The number of phenols is 1. The van der Waals surface area contributed by atoms with Crippen molar-refractivity contribution in [1.29, 1.82) is 0 Å². The largest absolute Gasteiger partial charge is 0.508 e. The predicted octanol–water partition coefficient (Wildman–Crippen LogP) is 1.86. The van der Waals surface area contributed by atoms with E-state index >= 15 is 0 Å². The van der Waals surface area contributed by atoms with Gasteiger partial charge in [-0.2, -0.15) is 0 Å². The number of carbonyl (C=O) groups excluding carboxylic acids is 1. The number of hydrogen-bond donors (Lipinski definition) is 2. The summed E-state index contributed by atoms with van der Waals surface area (Å²) in [4.78, 5) is 16.9. The lowest BCUT2D eigenvalue weighted by molar-refractivity contribution is 0.0227. The lowest BCUT2D eigenvalue weighted by atomic mass is 9.76. The van der Waals surface area contributed by atoms with Crippen LogP contribution in [0.5, 0.6) is 5.75 Å². The molecule has 3 aliphatic rings. The van der Waals surface area contributed by atoms with E-state index in [0.29, 0.717) is 5.56 Å². The third kappa shape index (κ3) is 4.28. The second-order valence-corrected chi connectivity index (χ2v) is 8.53. The standard InChI is InChI=1S/C21H30N2O4/c24-17-5-3-16(4-6-17)20(26)23-10-7-21(8-11-23)12-19(27-15-21)14-22-9-1-2-18(25)13-22/h3-6,18-19,24-25H,1-2,7-15H2/t18-,19-/m1/s1. The van der Waals surface area contributed by atoms with Crippen LogP contribution in [0.4, 0.5) is 0 Å². The zero-order valence-electron chi connectivity index (χ0n) is 15.8. The Bertz CT molecular complexity index is 655. The Morgan fingerprint density at radius 2 is 1.93 bits per heavy atom. The normalized spacial score (nSPS) is 28.6. The first kappa shape index (κ1) is 18.7. The molecule has 27 heavy (non-hydrogen) atoms. The summed E-state index contributed by atoms with van der Waals surface area (Å²) in [5.41, 5.74) is 0.832. The molecule has 6 heteroatoms. The van der Waals surface area contributed by atoms with Crippen LogP contribution >= 0.6 is 0 Å². The molecule has 4 rings (SSSR count). The number of amides is 1. The van der Waals surface area contributed by atoms with E-state index in [-0.39, 0.29) is 29.3 Å². The number of hydrogen-bond acceptors (Lipinski definition) is 5. The van der Waals surface area contributed by atoms with Crippen LogP contribution in [-0.2, 0) is 4.74 Å². The zero-order chi connectivity index (χ0) is 18.9. The minimum absolute atomic E-state index is 0.0441. The molecular formula is C21H30N2O4. The second kappa shape index (κ2) is 7.78. The van der Waals surface area contributed by atoms with Gasteiger partial charge in [0, 0.05) is 31.7 Å². The van der Waals surface area contributed by atoms with Gasteiger partial charge in [0.2, 0.25) is 0 Å². The Balaban J connectivity index is 1.28. The molecular weight excluding hydrogens is 344 g/mol. The molecule has 3 saturated heterocycles. The first-order chi connectivity index (χ1) is 13.0. The summed E-state index contributed by atoms with van der Waals surface area (Å²) in [7, 11) is 0. The van der Waals surface area contributed by atoms with Gasteiger partial charge in [-0.1, -0.05) is 0 Å². The molecule has 3 aliphatic heterocycles. The number of rotatable bonds is 3. The molecule has 1 aromatic carbocycles. The number of carbonyl (C=O) groups is 1. The molecule has 0 aromatic heterocycles. The summed E-state index contributed by atoms with van der Waals surface area (Å²) >= 11 is 0. The highest BCUT2D eigenvalue weighted by Crippen LogP contribution is 2.42. The number of piperidine rings is 2. The van der Waals surface area contributed by atoms with Gasteiger partial charge >= 0.3 is 0 Å². The van der Waals surface area contributed by atoms with Crippen molar-refractivity contribution < 1.29 is 19.7 Å². The molecule has 148 valence electrons. The average Bonchev–Trinajstić information content (AvgIpc) is 3.04. The van der Waals surface area contributed by atoms with E-state index in [1.807, 2.05) is 4.90 Å². The van der Waals surface area contributed by atoms with Crippen LogP contribution < -0.4 is 0 Å². The topological polar surface area (TPSA) is 73.2 Å². The van der Waals surface area contributed by atoms with Gasteiger partial charge in [-0.25, -0.2) is 0 Å². The summed E-state index contributed by atoms with van der Waals surface area (Å²) in [6.45, 7) is 5.04. The SMILES string of the molecule is O=C(c1ccc(O)cc1)N1CCC2(CC1)CO[C@@H](CN1CCC[C@@H](O)C1)C2. The van der Waals surface area contributed by atoms with Gasteiger partial charge in [0.25, 0.3) is 5.91 Å². The number of β-amino-alcohol motifs (C(OH)–C–C–N with tert-alkyl or cyclic N) is 1. The monoisotopic (exact) mass is 374 g/mol. The molecule has 3 fully saturated rings. The van der Waals surface area contributed by atoms with Crippen LogP contribution in [0.15, 0.2) is 24.3 Å². The maximum Gasteiger partial charge on any atom is 0.253 e. The van der Waals surface area contributed by atoms with Gasteiger partial charge in [-0.15, -0.1) is 0 Å². The first-order valence-corrected chi connectivity index (χ1v) is 10.1. The number of phenolic OH excluding ortho intramolecular Hbond substituents is 1. The second-order valence-electron chi connectivity index (χ2n) is 8.53. The van der Waals surface area contributed by atoms with E-state index in [2.05, 4.69) is 4.90 Å². The smallest absolute Gasteiger partial charge is 0.253 e. The van der Waals surface area contributed by atoms with E-state index in [4.69, 9.17) is 4.74 Å². The molecule has 0 bridgehead atoms. The maximum absolute atomic E-state index is 12.7. The van der Waals surface area contributed by atoms with E-state index in [1.54, 1.807) is 24.3 Å². The Hall–Kier alpha value is -1.63. The number of aliphatic hydroxyl groups is 1. The Kier molecular flexibility index (Phi) is 5.39. The molecule has 0 radical (unpaired) electrons. The van der Waals surface area contributed by atoms with Gasteiger partial charge in [0.15, 0.2) is 0 Å². The van der Waals surface area contributed by atoms with Crippen molar-refractivity contribution in [1.82, 2.24) is 9.80 Å². The lowest BCUT2D eigenvalue weighted by Crippen LogP contribution is -2.44. The Morgan fingerprint density at radius 3 is 2.63 bits per heavy atom. The molecule has 0 aliphatic carbocycles. The van der Waals surface area contributed by atoms with Crippen LogP contribution in [0.3, 0.4) is 0 Å². The number of benzene rings is 1. The van der Waals surface area contributed by atoms with Crippen LogP contribution in [0.1, 0.15) is 42.5 Å². The van der Waals surface area contributed by atoms with Crippen LogP contribution in [0, 0.1) is 5.41 Å². The molecule has 0 unspecified atom stereocenters. The summed E-state index contributed by atoms with van der Waals surface area (Å²) in [6.07, 6.45) is 5.05. The highest BCUT2D eigenvalue weighted by atomic mass is 16.5. The van der Waals surface area contributed by atoms with Gasteiger partial charge in [-0.3, -0.25) is 9.69 Å². The van der Waals surface area contributed by atoms with Crippen molar-refractivity contribution in [2.45, 2.75) is 44.3 Å². The molecule has 0 saturated carbocycles. The third-order valence-corrected chi connectivity index (χ3v) is 6.45. The maximum atomic E-state index is 12.7.